The molecule has 1 aromatic heterocycles. The lowest BCUT2D eigenvalue weighted by atomic mass is 10.0. The van der Waals surface area contributed by atoms with Crippen molar-refractivity contribution in [2.24, 2.45) is 0 Å². The summed E-state index contributed by atoms with van der Waals surface area (Å²) in [5, 5.41) is 4.23. The Hall–Kier alpha value is 0.610. The summed E-state index contributed by atoms with van der Waals surface area (Å²) in [5.74, 6) is 0. The van der Waals surface area contributed by atoms with Gasteiger partial charge in [-0.2, -0.15) is 0 Å². The van der Waals surface area contributed by atoms with Crippen LogP contribution in [0.25, 0.3) is 0 Å². The highest BCUT2D eigenvalue weighted by Crippen LogP contribution is 2.38. The van der Waals surface area contributed by atoms with Crippen LogP contribution in [0.5, 0.6) is 0 Å². The number of nitrogens with one attached hydrogen (secondary N) is 1. The van der Waals surface area contributed by atoms with E-state index in [1.807, 2.05) is 12.1 Å². The first-order valence-corrected chi connectivity index (χ1v) is 9.22. The van der Waals surface area contributed by atoms with Gasteiger partial charge in [-0.25, -0.2) is 0 Å². The molecule has 0 saturated heterocycles. The number of benzene rings is 1. The van der Waals surface area contributed by atoms with E-state index in [0.717, 1.165) is 29.2 Å². The lowest BCUT2D eigenvalue weighted by Crippen LogP contribution is -2.21. The standard InChI is InChI=1S/C13H11Br3ClNS/c1-2-18-12(10-6-11(15)19-13(10)16)7-3-8(14)5-9(17)4-7/h3-6,12,18H,2H2,1H3. The van der Waals surface area contributed by atoms with Gasteiger partial charge in [0.15, 0.2) is 0 Å². The van der Waals surface area contributed by atoms with Crippen LogP contribution < -0.4 is 5.32 Å². The Labute approximate surface area is 147 Å². The average molecular weight is 488 g/mol. The number of halogens is 4. The second-order valence-corrected chi connectivity index (χ2v) is 9.07. The maximum Gasteiger partial charge on any atom is 0.0761 e. The van der Waals surface area contributed by atoms with Crippen molar-refractivity contribution in [1.82, 2.24) is 5.32 Å². The SMILES string of the molecule is CCNC(c1cc(Cl)cc(Br)c1)c1cc(Br)sc1Br. The van der Waals surface area contributed by atoms with Crippen LogP contribution in [0.15, 0.2) is 36.3 Å². The fourth-order valence-corrected chi connectivity index (χ4v) is 5.69. The van der Waals surface area contributed by atoms with Crippen molar-refractivity contribution < 1.29 is 0 Å². The smallest absolute Gasteiger partial charge is 0.0761 e. The normalized spacial score (nSPS) is 12.7. The Balaban J connectivity index is 2.47. The molecule has 0 aliphatic carbocycles. The first-order valence-electron chi connectivity index (χ1n) is 5.65. The Bertz CT molecular complexity index is 565. The predicted molar refractivity (Wildman–Crippen MR) is 94.4 cm³/mol. The highest BCUT2D eigenvalue weighted by atomic mass is 79.9. The Morgan fingerprint density at radius 1 is 1.21 bits per heavy atom. The number of hydrogen-bond acceptors (Lipinski definition) is 2. The van der Waals surface area contributed by atoms with Crippen LogP contribution >= 0.6 is 70.7 Å². The molecule has 1 atom stereocenters. The van der Waals surface area contributed by atoms with Gasteiger partial charge in [-0.05, 0) is 73.8 Å². The second-order valence-electron chi connectivity index (χ2n) is 3.97. The molecule has 0 bridgehead atoms. The van der Waals surface area contributed by atoms with Crippen molar-refractivity contribution in [2.75, 3.05) is 6.54 Å². The van der Waals surface area contributed by atoms with E-state index >= 15 is 0 Å². The Kier molecular flexibility index (Phi) is 5.93. The number of rotatable bonds is 4. The summed E-state index contributed by atoms with van der Waals surface area (Å²) in [6.45, 7) is 2.98. The molecule has 6 heteroatoms. The van der Waals surface area contributed by atoms with Crippen molar-refractivity contribution in [1.29, 1.82) is 0 Å². The van der Waals surface area contributed by atoms with Gasteiger partial charge in [-0.15, -0.1) is 11.3 Å². The summed E-state index contributed by atoms with van der Waals surface area (Å²) in [7, 11) is 0. The van der Waals surface area contributed by atoms with Gasteiger partial charge in [0.2, 0.25) is 0 Å². The maximum atomic E-state index is 6.15. The monoisotopic (exact) mass is 485 g/mol. The largest absolute Gasteiger partial charge is 0.306 e. The van der Waals surface area contributed by atoms with Crippen molar-refractivity contribution in [2.45, 2.75) is 13.0 Å². The molecule has 1 unspecified atom stereocenters. The first-order chi connectivity index (χ1) is 9.01. The maximum absolute atomic E-state index is 6.15. The lowest BCUT2D eigenvalue weighted by molar-refractivity contribution is 0.630. The summed E-state index contributed by atoms with van der Waals surface area (Å²) >= 11 is 18.5. The minimum Gasteiger partial charge on any atom is -0.306 e. The zero-order valence-electron chi connectivity index (χ0n) is 10.0. The molecule has 0 spiro atoms. The van der Waals surface area contributed by atoms with Crippen LogP contribution in [0.2, 0.25) is 5.02 Å². The molecule has 1 heterocycles. The van der Waals surface area contributed by atoms with Gasteiger partial charge < -0.3 is 5.32 Å². The van der Waals surface area contributed by atoms with Gasteiger partial charge >= 0.3 is 0 Å². The van der Waals surface area contributed by atoms with Crippen molar-refractivity contribution >= 4 is 70.7 Å². The minimum atomic E-state index is 0.122. The molecular formula is C13H11Br3ClNS. The Morgan fingerprint density at radius 2 is 1.95 bits per heavy atom. The van der Waals surface area contributed by atoms with Crippen LogP contribution in [0.1, 0.15) is 24.1 Å². The predicted octanol–water partition coefficient (Wildman–Crippen LogP) is 6.39. The van der Waals surface area contributed by atoms with Gasteiger partial charge in [0.25, 0.3) is 0 Å². The highest BCUT2D eigenvalue weighted by Gasteiger charge is 2.19. The summed E-state index contributed by atoms with van der Waals surface area (Å²) in [6.07, 6.45) is 0. The van der Waals surface area contributed by atoms with E-state index in [2.05, 4.69) is 72.2 Å². The van der Waals surface area contributed by atoms with E-state index in [1.54, 1.807) is 11.3 Å². The van der Waals surface area contributed by atoms with E-state index < -0.39 is 0 Å². The summed E-state index contributed by atoms with van der Waals surface area (Å²) in [6, 6.07) is 8.25. The quantitative estimate of drug-likeness (QED) is 0.526. The molecule has 2 rings (SSSR count). The Morgan fingerprint density at radius 3 is 2.47 bits per heavy atom. The fraction of sp³-hybridized carbons (Fsp3) is 0.231. The molecule has 2 aromatic rings. The molecule has 0 aliphatic rings. The van der Waals surface area contributed by atoms with Crippen LogP contribution in [0.3, 0.4) is 0 Å². The summed E-state index contributed by atoms with van der Waals surface area (Å²) < 4.78 is 3.23. The molecule has 1 N–H and O–H groups in total. The van der Waals surface area contributed by atoms with Gasteiger partial charge in [-0.1, -0.05) is 34.5 Å². The zero-order chi connectivity index (χ0) is 14.0. The molecule has 1 nitrogen and oxygen atoms in total. The molecule has 102 valence electrons. The van der Waals surface area contributed by atoms with Gasteiger partial charge in [0.05, 0.1) is 13.6 Å². The third-order valence-corrected chi connectivity index (χ3v) is 5.68. The average Bonchev–Trinajstić information content (AvgIpc) is 2.64. The summed E-state index contributed by atoms with van der Waals surface area (Å²) in [4.78, 5) is 0. The van der Waals surface area contributed by atoms with Crippen LogP contribution in [-0.4, -0.2) is 6.54 Å². The first kappa shape index (κ1) is 16.0. The molecule has 0 radical (unpaired) electrons. The molecule has 0 saturated carbocycles. The number of thiophene rings is 1. The van der Waals surface area contributed by atoms with E-state index in [4.69, 9.17) is 11.6 Å². The van der Waals surface area contributed by atoms with Crippen molar-refractivity contribution in [3.63, 3.8) is 0 Å². The number of hydrogen-bond donors (Lipinski definition) is 1. The molecule has 0 amide bonds. The van der Waals surface area contributed by atoms with Gasteiger partial charge in [0, 0.05) is 9.50 Å². The topological polar surface area (TPSA) is 12.0 Å². The van der Waals surface area contributed by atoms with E-state index in [-0.39, 0.29) is 6.04 Å². The second kappa shape index (κ2) is 7.05. The van der Waals surface area contributed by atoms with Crippen LogP contribution in [0.4, 0.5) is 0 Å². The fourth-order valence-electron chi connectivity index (χ4n) is 1.90. The van der Waals surface area contributed by atoms with E-state index in [1.165, 1.54) is 5.56 Å². The molecule has 1 aromatic carbocycles. The molecule has 19 heavy (non-hydrogen) atoms. The molecular weight excluding hydrogens is 477 g/mol. The third kappa shape index (κ3) is 4.05. The minimum absolute atomic E-state index is 0.122. The lowest BCUT2D eigenvalue weighted by Gasteiger charge is -2.19. The molecule has 0 aliphatic heterocycles. The summed E-state index contributed by atoms with van der Waals surface area (Å²) in [5.41, 5.74) is 2.36. The third-order valence-electron chi connectivity index (χ3n) is 2.62. The van der Waals surface area contributed by atoms with E-state index in [0.29, 0.717) is 0 Å². The highest BCUT2D eigenvalue weighted by molar-refractivity contribution is 9.12. The molecule has 0 fully saturated rings. The van der Waals surface area contributed by atoms with Crippen LogP contribution in [-0.2, 0) is 0 Å². The van der Waals surface area contributed by atoms with Crippen molar-refractivity contribution in [3.8, 4) is 0 Å². The van der Waals surface area contributed by atoms with Gasteiger partial charge in [-0.3, -0.25) is 0 Å². The zero-order valence-corrected chi connectivity index (χ0v) is 16.3. The van der Waals surface area contributed by atoms with Gasteiger partial charge in [0.1, 0.15) is 0 Å². The van der Waals surface area contributed by atoms with E-state index in [9.17, 15) is 0 Å². The van der Waals surface area contributed by atoms with Crippen LogP contribution in [0, 0.1) is 0 Å². The van der Waals surface area contributed by atoms with Crippen molar-refractivity contribution in [3.05, 3.63) is 52.5 Å².